The number of aliphatic carboxylic acids is 1. The van der Waals surface area contributed by atoms with Crippen LogP contribution in [0.1, 0.15) is 127 Å². The molecule has 0 bridgehead atoms. The minimum absolute atomic E-state index is 0.0483. The van der Waals surface area contributed by atoms with Crippen LogP contribution in [0.5, 0.6) is 5.75 Å². The number of rotatable bonds is 15. The van der Waals surface area contributed by atoms with Crippen LogP contribution in [0, 0.1) is 12.3 Å². The van der Waals surface area contributed by atoms with Crippen molar-refractivity contribution in [2.24, 2.45) is 5.41 Å². The van der Waals surface area contributed by atoms with Crippen molar-refractivity contribution in [2.75, 3.05) is 6.61 Å². The molecule has 5 atom stereocenters. The van der Waals surface area contributed by atoms with E-state index in [1.165, 1.54) is 41.5 Å². The third-order valence-corrected chi connectivity index (χ3v) is 9.59. The molecule has 1 aliphatic rings. The molecule has 1 fully saturated rings. The molecule has 0 aliphatic carbocycles. The Labute approximate surface area is 323 Å². The normalized spacial score (nSPS) is 19.3. The first-order valence-corrected chi connectivity index (χ1v) is 18.4. The molecule has 2 aromatic carbocycles. The number of carbonyl (C=O) groups excluding carboxylic acids is 5. The first-order valence-electron chi connectivity index (χ1n) is 18.4. The van der Waals surface area contributed by atoms with Gasteiger partial charge in [-0.15, -0.1) is 0 Å². The zero-order valence-electron chi connectivity index (χ0n) is 33.7. The standard InChI is InChI=1S/C42H55NO12/c1-12-23(2)32-20-34(52-26(5)45)33(35-21-36(53-27(6)46)38(54-28(7)47)37(55-35)22-51-25(4)44)19-31(32)18-30-14-13-29(17-24(30)3)15-16-41(8,9)39(48)43-42(10,11)40(49)50/h13-17,19-20,23,35-38H,12,18,21-22H2,1-11H3,(H,43,48)(H,49,50). The van der Waals surface area contributed by atoms with Gasteiger partial charge in [-0.2, -0.15) is 0 Å². The van der Waals surface area contributed by atoms with E-state index in [2.05, 4.69) is 19.2 Å². The second-order valence-electron chi connectivity index (χ2n) is 15.2. The van der Waals surface area contributed by atoms with Gasteiger partial charge >= 0.3 is 29.8 Å². The zero-order chi connectivity index (χ0) is 41.4. The number of benzene rings is 2. The summed E-state index contributed by atoms with van der Waals surface area (Å²) in [4.78, 5) is 73.0. The lowest BCUT2D eigenvalue weighted by molar-refractivity contribution is -0.216. The monoisotopic (exact) mass is 765 g/mol. The van der Waals surface area contributed by atoms with Crippen molar-refractivity contribution in [1.82, 2.24) is 5.32 Å². The van der Waals surface area contributed by atoms with E-state index in [-0.39, 0.29) is 24.7 Å². The summed E-state index contributed by atoms with van der Waals surface area (Å²) < 4.78 is 28.6. The number of aryl methyl sites for hydroxylation is 1. The summed E-state index contributed by atoms with van der Waals surface area (Å²) in [5, 5.41) is 12.0. The molecule has 13 heteroatoms. The van der Waals surface area contributed by atoms with Crippen molar-refractivity contribution in [3.63, 3.8) is 0 Å². The number of carbonyl (C=O) groups is 6. The second-order valence-corrected chi connectivity index (χ2v) is 15.2. The first kappa shape index (κ1) is 44.4. The van der Waals surface area contributed by atoms with Crippen LogP contribution in [-0.2, 0) is 54.1 Å². The van der Waals surface area contributed by atoms with Gasteiger partial charge in [0.1, 0.15) is 30.1 Å². The summed E-state index contributed by atoms with van der Waals surface area (Å²) in [6, 6.07) is 9.71. The third-order valence-electron chi connectivity index (χ3n) is 9.59. The number of carboxylic acids is 1. The summed E-state index contributed by atoms with van der Waals surface area (Å²) in [6.07, 6.45) is 1.03. The highest BCUT2D eigenvalue weighted by molar-refractivity contribution is 5.90. The van der Waals surface area contributed by atoms with Gasteiger partial charge in [-0.05, 0) is 93.3 Å². The Bertz CT molecular complexity index is 1810. The van der Waals surface area contributed by atoms with Gasteiger partial charge in [0.15, 0.2) is 6.10 Å². The van der Waals surface area contributed by atoms with Gasteiger partial charge in [-0.1, -0.05) is 44.2 Å². The number of nitrogens with one attached hydrogen (secondary N) is 1. The van der Waals surface area contributed by atoms with E-state index in [0.717, 1.165) is 34.2 Å². The molecule has 0 saturated carbocycles. The summed E-state index contributed by atoms with van der Waals surface area (Å²) >= 11 is 0. The Morgan fingerprint density at radius 3 is 2.13 bits per heavy atom. The van der Waals surface area contributed by atoms with E-state index in [9.17, 15) is 33.9 Å². The maximum atomic E-state index is 12.9. The van der Waals surface area contributed by atoms with Crippen LogP contribution in [0.3, 0.4) is 0 Å². The minimum atomic E-state index is -1.42. The van der Waals surface area contributed by atoms with Gasteiger partial charge in [-0.3, -0.25) is 24.0 Å². The fourth-order valence-corrected chi connectivity index (χ4v) is 6.23. The minimum Gasteiger partial charge on any atom is -0.480 e. The number of esters is 4. The van der Waals surface area contributed by atoms with E-state index in [1.807, 2.05) is 43.3 Å². The Balaban J connectivity index is 2.08. The molecule has 1 saturated heterocycles. The number of hydrogen-bond donors (Lipinski definition) is 2. The average Bonchev–Trinajstić information content (AvgIpc) is 3.07. The zero-order valence-corrected chi connectivity index (χ0v) is 33.7. The lowest BCUT2D eigenvalue weighted by Crippen LogP contribution is -2.53. The maximum Gasteiger partial charge on any atom is 0.328 e. The summed E-state index contributed by atoms with van der Waals surface area (Å²) in [7, 11) is 0. The predicted octanol–water partition coefficient (Wildman–Crippen LogP) is 6.30. The lowest BCUT2D eigenvalue weighted by Gasteiger charge is -2.40. The van der Waals surface area contributed by atoms with Crippen LogP contribution in [0.4, 0.5) is 0 Å². The lowest BCUT2D eigenvalue weighted by atomic mass is 9.85. The molecule has 3 rings (SSSR count). The third kappa shape index (κ3) is 12.2. The van der Waals surface area contributed by atoms with Gasteiger partial charge < -0.3 is 34.1 Å². The highest BCUT2D eigenvalue weighted by atomic mass is 16.6. The summed E-state index contributed by atoms with van der Waals surface area (Å²) in [5.74, 6) is -3.58. The van der Waals surface area contributed by atoms with E-state index >= 15 is 0 Å². The molecule has 1 heterocycles. The Hall–Kier alpha value is -5.04. The molecular formula is C42H55NO12. The highest BCUT2D eigenvalue weighted by Gasteiger charge is 2.45. The molecule has 2 aromatic rings. The van der Waals surface area contributed by atoms with Crippen LogP contribution in [0.15, 0.2) is 36.4 Å². The Morgan fingerprint density at radius 1 is 0.927 bits per heavy atom. The number of carboxylic acid groups (broad SMARTS) is 1. The van der Waals surface area contributed by atoms with E-state index in [1.54, 1.807) is 19.9 Å². The first-order chi connectivity index (χ1) is 25.5. The molecule has 1 amide bonds. The van der Waals surface area contributed by atoms with Gasteiger partial charge in [0.25, 0.3) is 0 Å². The summed E-state index contributed by atoms with van der Waals surface area (Å²) in [5.41, 5.74) is 2.84. The van der Waals surface area contributed by atoms with Gasteiger partial charge in [0.2, 0.25) is 5.91 Å². The highest BCUT2D eigenvalue weighted by Crippen LogP contribution is 2.42. The van der Waals surface area contributed by atoms with E-state index < -0.39 is 71.1 Å². The van der Waals surface area contributed by atoms with Crippen LogP contribution in [0.25, 0.3) is 6.08 Å². The van der Waals surface area contributed by atoms with Crippen molar-refractivity contribution in [2.45, 2.75) is 131 Å². The largest absolute Gasteiger partial charge is 0.480 e. The summed E-state index contributed by atoms with van der Waals surface area (Å²) in [6.45, 7) is 17.1. The Morgan fingerprint density at radius 2 is 1.58 bits per heavy atom. The molecular weight excluding hydrogens is 710 g/mol. The average molecular weight is 766 g/mol. The number of amides is 1. The van der Waals surface area contributed by atoms with E-state index in [4.69, 9.17) is 23.7 Å². The number of hydrogen-bond acceptors (Lipinski definition) is 11. The van der Waals surface area contributed by atoms with Crippen molar-refractivity contribution >= 4 is 41.8 Å². The van der Waals surface area contributed by atoms with Crippen LogP contribution >= 0.6 is 0 Å². The molecule has 0 spiro atoms. The molecule has 0 aromatic heterocycles. The predicted molar refractivity (Wildman–Crippen MR) is 203 cm³/mol. The van der Waals surface area contributed by atoms with Gasteiger partial charge in [-0.25, -0.2) is 4.79 Å². The molecule has 13 nitrogen and oxygen atoms in total. The van der Waals surface area contributed by atoms with Crippen molar-refractivity contribution < 1.29 is 57.6 Å². The molecule has 1 aliphatic heterocycles. The SMILES string of the molecule is CCC(C)c1cc(OC(C)=O)c(C2CC(OC(C)=O)C(OC(C)=O)C(COC(C)=O)O2)cc1Cc1ccc(C=CC(C)(C)C(=O)NC(C)(C)C(=O)O)cc1C. The number of ether oxygens (including phenoxy) is 5. The van der Waals surface area contributed by atoms with Gasteiger partial charge in [0, 0.05) is 39.7 Å². The molecule has 2 N–H and O–H groups in total. The van der Waals surface area contributed by atoms with Crippen LogP contribution < -0.4 is 10.1 Å². The maximum absolute atomic E-state index is 12.9. The van der Waals surface area contributed by atoms with E-state index in [0.29, 0.717) is 12.0 Å². The van der Waals surface area contributed by atoms with Gasteiger partial charge in [0.05, 0.1) is 11.5 Å². The van der Waals surface area contributed by atoms with Crippen molar-refractivity contribution in [3.05, 3.63) is 69.8 Å². The van der Waals surface area contributed by atoms with Crippen molar-refractivity contribution in [3.8, 4) is 5.75 Å². The smallest absolute Gasteiger partial charge is 0.328 e. The fourth-order valence-electron chi connectivity index (χ4n) is 6.23. The Kier molecular flexibility index (Phi) is 14.9. The molecule has 0 radical (unpaired) electrons. The topological polar surface area (TPSA) is 181 Å². The van der Waals surface area contributed by atoms with Crippen LogP contribution in [0.2, 0.25) is 0 Å². The van der Waals surface area contributed by atoms with Crippen molar-refractivity contribution in [1.29, 1.82) is 0 Å². The molecule has 5 unspecified atom stereocenters. The molecule has 300 valence electrons. The fraction of sp³-hybridized carbons (Fsp3) is 0.524. The quantitative estimate of drug-likeness (QED) is 0.118. The van der Waals surface area contributed by atoms with Crippen LogP contribution in [-0.4, -0.2) is 71.3 Å². The molecule has 55 heavy (non-hydrogen) atoms. The second kappa shape index (κ2) is 18.5.